The summed E-state index contributed by atoms with van der Waals surface area (Å²) in [6.45, 7) is 0.705. The minimum absolute atomic E-state index is 0. The minimum atomic E-state index is -1.44. The fraction of sp³-hybridized carbons (Fsp3) is 0.429. The van der Waals surface area contributed by atoms with Gasteiger partial charge < -0.3 is 94.7 Å². The second kappa shape index (κ2) is 32.9. The molecule has 0 amide bonds. The maximum atomic E-state index is 11.7. The van der Waals surface area contributed by atoms with E-state index in [1.54, 1.807) is 69.0 Å². The average molecular weight is 1050 g/mol. The molecule has 0 saturated carbocycles. The molecule has 0 radical (unpaired) electrons. The molecule has 0 unspecified atom stereocenters. The van der Waals surface area contributed by atoms with Crippen LogP contribution in [-0.2, 0) is 41.7 Å². The van der Waals surface area contributed by atoms with E-state index >= 15 is 0 Å². The van der Waals surface area contributed by atoms with Crippen LogP contribution in [0.25, 0.3) is 0 Å². The molecule has 414 valence electrons. The number of aliphatic hydroxyl groups is 1. The van der Waals surface area contributed by atoms with Crippen molar-refractivity contribution in [3.8, 4) is 57.5 Å². The smallest absolute Gasteiger partial charge is 0.128 e. The number of ether oxygens (including phenoxy) is 10. The Morgan fingerprint density at radius 1 is 0.360 bits per heavy atom. The maximum absolute atomic E-state index is 11.7. The molecule has 19 nitrogen and oxygen atoms in total. The molecule has 5 aromatic rings. The van der Waals surface area contributed by atoms with Crippen molar-refractivity contribution in [2.75, 3.05) is 90.3 Å². The molecule has 10 aliphatic rings. The van der Waals surface area contributed by atoms with Crippen LogP contribution in [0.1, 0.15) is 94.2 Å². The number of hydrogen-bond acceptors (Lipinski definition) is 15. The Morgan fingerprint density at radius 2 is 0.520 bits per heavy atom. The number of carbonyl (C=O) groups excluding carboxylic acids is 2. The molecule has 0 saturated heterocycles. The van der Waals surface area contributed by atoms with E-state index in [1.807, 2.05) is 48.5 Å². The fourth-order valence-corrected chi connectivity index (χ4v) is 8.75. The molecule has 19 heteroatoms. The number of carboxylic acid groups (broad SMARTS) is 2. The summed E-state index contributed by atoms with van der Waals surface area (Å²) < 4.78 is 59.1. The third-order valence-electron chi connectivity index (χ3n) is 12.3. The van der Waals surface area contributed by atoms with Gasteiger partial charge in [0.15, 0.2) is 0 Å². The van der Waals surface area contributed by atoms with Gasteiger partial charge in [-0.05, 0) is 86.3 Å². The number of carboxylic acids is 2. The van der Waals surface area contributed by atoms with Crippen molar-refractivity contribution in [2.45, 2.75) is 70.6 Å². The molecule has 0 atom stereocenters. The zero-order valence-corrected chi connectivity index (χ0v) is 45.0. The fourth-order valence-electron chi connectivity index (χ4n) is 8.75. The second-order valence-electron chi connectivity index (χ2n) is 17.0. The number of carbonyl (C=O) groups is 2. The van der Waals surface area contributed by atoms with E-state index < -0.39 is 25.2 Å². The molecular formula is C56H78N2O17. The van der Waals surface area contributed by atoms with Gasteiger partial charge >= 0.3 is 0 Å². The van der Waals surface area contributed by atoms with Crippen LogP contribution in [0, 0.1) is 0 Å². The number of methoxy groups -OCH3 is 8. The molecule has 10 bridgehead atoms. The topological polar surface area (TPSA) is 311 Å². The van der Waals surface area contributed by atoms with Crippen molar-refractivity contribution in [1.29, 1.82) is 0 Å². The Morgan fingerprint density at radius 3 is 0.680 bits per heavy atom. The Bertz CT molecular complexity index is 2410. The lowest BCUT2D eigenvalue weighted by Crippen LogP contribution is -2.50. The van der Waals surface area contributed by atoms with E-state index in [4.69, 9.17) is 52.5 Å². The van der Waals surface area contributed by atoms with Gasteiger partial charge in [-0.3, -0.25) is 0 Å². The van der Waals surface area contributed by atoms with Crippen LogP contribution in [-0.4, -0.2) is 118 Å². The number of aliphatic carboxylic acids is 2. The van der Waals surface area contributed by atoms with Gasteiger partial charge in [0.25, 0.3) is 0 Å². The number of aliphatic hydroxyl groups excluding tert-OH is 1. The zero-order chi connectivity index (χ0) is 53.5. The van der Waals surface area contributed by atoms with Crippen molar-refractivity contribution in [3.05, 3.63) is 116 Å². The van der Waals surface area contributed by atoms with Crippen LogP contribution < -0.4 is 69.0 Å². The third-order valence-corrected chi connectivity index (χ3v) is 12.3. The lowest BCUT2D eigenvalue weighted by atomic mass is 9.94. The van der Waals surface area contributed by atoms with Crippen LogP contribution >= 0.6 is 0 Å². The molecule has 5 aromatic carbocycles. The minimum Gasteiger partial charge on any atom is -0.546 e. The first kappa shape index (κ1) is 64.0. The Balaban J connectivity index is 0.00000123. The maximum Gasteiger partial charge on any atom is 0.128 e. The van der Waals surface area contributed by atoms with Crippen molar-refractivity contribution in [3.63, 3.8) is 0 Å². The summed E-state index contributed by atoms with van der Waals surface area (Å²) in [6.07, 6.45) is 9.60. The third kappa shape index (κ3) is 17.7. The van der Waals surface area contributed by atoms with Gasteiger partial charge in [0.05, 0.1) is 81.9 Å². The summed E-state index contributed by atoms with van der Waals surface area (Å²) in [4.78, 5) is 23.4. The highest BCUT2D eigenvalue weighted by Crippen LogP contribution is 2.42. The van der Waals surface area contributed by atoms with Crippen molar-refractivity contribution >= 4 is 11.9 Å². The molecule has 0 heterocycles. The van der Waals surface area contributed by atoms with E-state index in [1.165, 1.54) is 38.5 Å². The van der Waals surface area contributed by atoms with Gasteiger partial charge in [-0.1, -0.05) is 12.8 Å². The van der Waals surface area contributed by atoms with Gasteiger partial charge in [-0.25, -0.2) is 0 Å². The summed E-state index contributed by atoms with van der Waals surface area (Å²) in [7, 11) is 13.7. The van der Waals surface area contributed by atoms with Crippen LogP contribution in [0.2, 0.25) is 0 Å². The van der Waals surface area contributed by atoms with Crippen LogP contribution in [0.15, 0.2) is 60.7 Å². The monoisotopic (exact) mass is 1050 g/mol. The summed E-state index contributed by atoms with van der Waals surface area (Å²) in [5, 5.41) is 30.4. The number of hydrogen-bond donors (Lipinski definition) is 3. The lowest BCUT2D eigenvalue weighted by Gasteiger charge is -2.21. The van der Waals surface area contributed by atoms with Gasteiger partial charge in [0.1, 0.15) is 70.7 Å². The first-order valence-electron chi connectivity index (χ1n) is 24.2. The highest BCUT2D eigenvalue weighted by Gasteiger charge is 2.23. The normalized spacial score (nSPS) is 11.2. The highest BCUT2D eigenvalue weighted by atomic mass is 16.5. The van der Waals surface area contributed by atoms with Crippen LogP contribution in [0.5, 0.6) is 57.5 Å². The molecule has 0 aromatic heterocycles. The van der Waals surface area contributed by atoms with Gasteiger partial charge in [0.2, 0.25) is 0 Å². The second-order valence-corrected chi connectivity index (χ2v) is 17.0. The highest BCUT2D eigenvalue weighted by molar-refractivity contribution is 5.67. The Hall–Kier alpha value is -7.16. The quantitative estimate of drug-likeness (QED) is 0.0869. The van der Waals surface area contributed by atoms with Crippen molar-refractivity contribution in [1.82, 2.24) is 0 Å². The first-order valence-corrected chi connectivity index (χ1v) is 24.2. The molecule has 0 aliphatic heterocycles. The molecule has 75 heavy (non-hydrogen) atoms. The number of rotatable bonds is 21. The number of benzene rings is 5. The zero-order valence-electron chi connectivity index (χ0n) is 45.0. The standard InChI is InChI=1S/C47H50O14.C8H20N2.CH4O.2H2O/c1-52-36-16-28-10-30-18-42(58-7)32(20-40(30)56-5)12-34-22-45(61-25-47(50)51)35(23-44(34)60-24-46(48)49)13-33-21-41(57-6)31(19-43(33)59-8)11-29-17-37(53-2)27(15-39(29)55-4)9-26(36)14-38(28)54-3;9-7-5-3-1-2-4-6-8-10;1-2;;/h14-23H,9-13,24-25H2,1-8H3,(H,48,49)(H,50,51);1-10H2;2H,1H3;2*1H2. The van der Waals surface area contributed by atoms with Crippen LogP contribution in [0.3, 0.4) is 0 Å². The van der Waals surface area contributed by atoms with Gasteiger partial charge in [0, 0.05) is 94.8 Å². The molecule has 0 fully saturated rings. The predicted molar refractivity (Wildman–Crippen MR) is 278 cm³/mol. The molecule has 10 aliphatic carbocycles. The average Bonchev–Trinajstić information content (AvgIpc) is 3.40. The lowest BCUT2D eigenvalue weighted by molar-refractivity contribution is -0.369. The SMILES string of the molecule is CO.COc1cc2c(OC)cc1Cc1cc(OC)c(cc1OC)Cc1cc(OC)c(cc1OC)Cc1cc(OCC(=O)[O-])c(cc1OCC(=O)[O-])Cc1cc(OC)c(cc1OC)C2.O.O.[NH3+]CCCCCCCC[NH3+]. The van der Waals surface area contributed by atoms with E-state index in [0.29, 0.717) is 87.5 Å². The molecule has 15 rings (SSSR count). The molecule has 0 spiro atoms. The largest absolute Gasteiger partial charge is 0.546 e. The van der Waals surface area contributed by atoms with Crippen LogP contribution in [0.4, 0.5) is 0 Å². The van der Waals surface area contributed by atoms with Crippen molar-refractivity contribution < 1.29 is 94.7 Å². The van der Waals surface area contributed by atoms with Crippen molar-refractivity contribution in [2.24, 2.45) is 0 Å². The summed E-state index contributed by atoms with van der Waals surface area (Å²) in [5.74, 6) is 2.10. The Labute approximate surface area is 440 Å². The summed E-state index contributed by atoms with van der Waals surface area (Å²) in [6, 6.07) is 18.4. The van der Waals surface area contributed by atoms with E-state index in [2.05, 4.69) is 11.5 Å². The number of quaternary nitrogens is 2. The Kier molecular flexibility index (Phi) is 28.1. The van der Waals surface area contributed by atoms with Gasteiger partial charge in [-0.15, -0.1) is 0 Å². The summed E-state index contributed by atoms with van der Waals surface area (Å²) >= 11 is 0. The molecule has 11 N–H and O–H groups in total. The molecular weight excluding hydrogens is 973 g/mol. The van der Waals surface area contributed by atoms with Gasteiger partial charge in [-0.2, -0.15) is 0 Å². The van der Waals surface area contributed by atoms with E-state index in [0.717, 1.165) is 53.6 Å². The predicted octanol–water partition coefficient (Wildman–Crippen LogP) is 2.05. The first-order chi connectivity index (χ1) is 35.4. The number of unbranched alkanes of at least 4 members (excludes halogenated alkanes) is 5. The van der Waals surface area contributed by atoms with E-state index in [9.17, 15) is 19.8 Å². The summed E-state index contributed by atoms with van der Waals surface area (Å²) in [5.41, 5.74) is 14.8. The van der Waals surface area contributed by atoms with E-state index in [-0.39, 0.29) is 35.3 Å².